The number of amides is 1. The molecule has 1 heterocycles. The van der Waals surface area contributed by atoms with E-state index in [9.17, 15) is 9.59 Å². The number of nitrogens with one attached hydrogen (secondary N) is 1. The predicted octanol–water partition coefficient (Wildman–Crippen LogP) is 3.12. The SMILES string of the molecule is CC(=O)Nc1cc(C(=O)OCCc2scnc2C)ccc1C. The molecule has 0 atom stereocenters. The molecule has 0 saturated heterocycles. The summed E-state index contributed by atoms with van der Waals surface area (Å²) in [6.45, 7) is 5.55. The summed E-state index contributed by atoms with van der Waals surface area (Å²) in [5.41, 5.74) is 4.71. The molecule has 0 bridgehead atoms. The van der Waals surface area contributed by atoms with Gasteiger partial charge < -0.3 is 10.1 Å². The highest BCUT2D eigenvalue weighted by Crippen LogP contribution is 2.18. The first-order valence-corrected chi connectivity index (χ1v) is 7.79. The Morgan fingerprint density at radius 3 is 2.73 bits per heavy atom. The van der Waals surface area contributed by atoms with Crippen LogP contribution in [0.25, 0.3) is 0 Å². The Labute approximate surface area is 133 Å². The van der Waals surface area contributed by atoms with Crippen molar-refractivity contribution in [3.63, 3.8) is 0 Å². The molecule has 0 aliphatic rings. The molecule has 0 fully saturated rings. The lowest BCUT2D eigenvalue weighted by molar-refractivity contribution is -0.114. The maximum Gasteiger partial charge on any atom is 0.338 e. The van der Waals surface area contributed by atoms with E-state index in [1.54, 1.807) is 35.0 Å². The number of carbonyl (C=O) groups excluding carboxylic acids is 2. The van der Waals surface area contributed by atoms with Crippen molar-refractivity contribution in [1.82, 2.24) is 4.98 Å². The smallest absolute Gasteiger partial charge is 0.338 e. The Morgan fingerprint density at radius 2 is 2.09 bits per heavy atom. The lowest BCUT2D eigenvalue weighted by Gasteiger charge is -2.09. The molecule has 0 radical (unpaired) electrons. The van der Waals surface area contributed by atoms with Crippen molar-refractivity contribution in [2.45, 2.75) is 27.2 Å². The van der Waals surface area contributed by atoms with Crippen molar-refractivity contribution in [3.05, 3.63) is 45.4 Å². The molecule has 1 aromatic heterocycles. The average molecular weight is 318 g/mol. The zero-order valence-corrected chi connectivity index (χ0v) is 13.6. The minimum absolute atomic E-state index is 0.172. The summed E-state index contributed by atoms with van der Waals surface area (Å²) >= 11 is 1.56. The van der Waals surface area contributed by atoms with Crippen molar-refractivity contribution in [2.75, 3.05) is 11.9 Å². The number of benzene rings is 1. The van der Waals surface area contributed by atoms with Gasteiger partial charge in [0, 0.05) is 23.9 Å². The Balaban J connectivity index is 1.97. The number of thiazole rings is 1. The van der Waals surface area contributed by atoms with Gasteiger partial charge in [-0.2, -0.15) is 0 Å². The van der Waals surface area contributed by atoms with Crippen molar-refractivity contribution >= 4 is 28.9 Å². The third-order valence-corrected chi connectivity index (χ3v) is 4.19. The van der Waals surface area contributed by atoms with Gasteiger partial charge in [0.25, 0.3) is 0 Å². The van der Waals surface area contributed by atoms with Gasteiger partial charge in [-0.3, -0.25) is 4.79 Å². The molecular formula is C16H18N2O3S. The topological polar surface area (TPSA) is 68.3 Å². The lowest BCUT2D eigenvalue weighted by atomic mass is 10.1. The summed E-state index contributed by atoms with van der Waals surface area (Å²) < 4.78 is 5.28. The van der Waals surface area contributed by atoms with Gasteiger partial charge in [-0.25, -0.2) is 9.78 Å². The van der Waals surface area contributed by atoms with Crippen LogP contribution < -0.4 is 5.32 Å². The minimum atomic E-state index is -0.395. The van der Waals surface area contributed by atoms with E-state index in [1.165, 1.54) is 6.92 Å². The molecule has 1 amide bonds. The highest BCUT2D eigenvalue weighted by atomic mass is 32.1. The van der Waals surface area contributed by atoms with Crippen LogP contribution in [0.3, 0.4) is 0 Å². The number of ether oxygens (including phenoxy) is 1. The van der Waals surface area contributed by atoms with Crippen LogP contribution >= 0.6 is 11.3 Å². The molecule has 1 N–H and O–H groups in total. The second-order valence-electron chi connectivity index (χ2n) is 4.96. The quantitative estimate of drug-likeness (QED) is 0.860. The Bertz CT molecular complexity index is 694. The van der Waals surface area contributed by atoms with Gasteiger partial charge in [-0.15, -0.1) is 11.3 Å². The molecule has 0 aliphatic heterocycles. The van der Waals surface area contributed by atoms with Crippen LogP contribution in [0.15, 0.2) is 23.7 Å². The van der Waals surface area contributed by atoms with E-state index in [1.807, 2.05) is 13.8 Å². The molecule has 0 unspecified atom stereocenters. The number of hydrogen-bond donors (Lipinski definition) is 1. The number of anilines is 1. The number of aromatic nitrogens is 1. The van der Waals surface area contributed by atoms with E-state index in [0.29, 0.717) is 24.3 Å². The Morgan fingerprint density at radius 1 is 1.32 bits per heavy atom. The van der Waals surface area contributed by atoms with Crippen LogP contribution in [-0.4, -0.2) is 23.5 Å². The summed E-state index contributed by atoms with van der Waals surface area (Å²) in [6, 6.07) is 5.12. The highest BCUT2D eigenvalue weighted by molar-refractivity contribution is 7.09. The average Bonchev–Trinajstić information content (AvgIpc) is 2.86. The standard InChI is InChI=1S/C16H18N2O3S/c1-10-4-5-13(8-14(10)18-12(3)19)16(20)21-7-6-15-11(2)17-9-22-15/h4-5,8-9H,6-7H2,1-3H3,(H,18,19). The van der Waals surface area contributed by atoms with Crippen molar-refractivity contribution in [1.29, 1.82) is 0 Å². The summed E-state index contributed by atoms with van der Waals surface area (Å²) in [7, 11) is 0. The van der Waals surface area contributed by atoms with E-state index in [0.717, 1.165) is 16.1 Å². The van der Waals surface area contributed by atoms with Crippen molar-refractivity contribution < 1.29 is 14.3 Å². The largest absolute Gasteiger partial charge is 0.462 e. The van der Waals surface area contributed by atoms with Gasteiger partial charge in [0.1, 0.15) is 0 Å². The van der Waals surface area contributed by atoms with Crippen LogP contribution in [0.1, 0.15) is 33.4 Å². The summed E-state index contributed by atoms with van der Waals surface area (Å²) in [5.74, 6) is -0.567. The van der Waals surface area contributed by atoms with E-state index >= 15 is 0 Å². The Hall–Kier alpha value is -2.21. The van der Waals surface area contributed by atoms with Gasteiger partial charge >= 0.3 is 5.97 Å². The fourth-order valence-corrected chi connectivity index (χ4v) is 2.72. The number of esters is 1. The van der Waals surface area contributed by atoms with Crippen LogP contribution in [0.2, 0.25) is 0 Å². The van der Waals surface area contributed by atoms with E-state index in [-0.39, 0.29) is 5.91 Å². The summed E-state index contributed by atoms with van der Waals surface area (Å²) in [6.07, 6.45) is 0.659. The zero-order valence-electron chi connectivity index (χ0n) is 12.8. The maximum absolute atomic E-state index is 12.1. The van der Waals surface area contributed by atoms with E-state index < -0.39 is 5.97 Å². The monoisotopic (exact) mass is 318 g/mol. The van der Waals surface area contributed by atoms with E-state index in [2.05, 4.69) is 10.3 Å². The van der Waals surface area contributed by atoms with Gasteiger partial charge in [-0.1, -0.05) is 6.07 Å². The number of nitrogens with zero attached hydrogens (tertiary/aromatic N) is 1. The maximum atomic E-state index is 12.1. The molecule has 0 aliphatic carbocycles. The fourth-order valence-electron chi connectivity index (χ4n) is 1.96. The third kappa shape index (κ3) is 4.14. The molecular weight excluding hydrogens is 300 g/mol. The fraction of sp³-hybridized carbons (Fsp3) is 0.312. The number of hydrogen-bond acceptors (Lipinski definition) is 5. The van der Waals surface area contributed by atoms with Crippen molar-refractivity contribution in [2.24, 2.45) is 0 Å². The lowest BCUT2D eigenvalue weighted by Crippen LogP contribution is -2.11. The van der Waals surface area contributed by atoms with Gasteiger partial charge in [0.2, 0.25) is 5.91 Å². The molecule has 0 spiro atoms. The van der Waals surface area contributed by atoms with Crippen molar-refractivity contribution in [3.8, 4) is 0 Å². The minimum Gasteiger partial charge on any atom is -0.462 e. The van der Waals surface area contributed by atoms with E-state index in [4.69, 9.17) is 4.74 Å². The molecule has 0 saturated carbocycles. The highest BCUT2D eigenvalue weighted by Gasteiger charge is 2.11. The van der Waals surface area contributed by atoms with Crippen LogP contribution in [0.5, 0.6) is 0 Å². The van der Waals surface area contributed by atoms with Crippen LogP contribution in [0, 0.1) is 13.8 Å². The summed E-state index contributed by atoms with van der Waals surface area (Å²) in [4.78, 5) is 28.5. The molecule has 6 heteroatoms. The Kier molecular flexibility index (Phi) is 5.27. The predicted molar refractivity (Wildman–Crippen MR) is 86.3 cm³/mol. The number of aryl methyl sites for hydroxylation is 2. The molecule has 22 heavy (non-hydrogen) atoms. The zero-order chi connectivity index (χ0) is 16.1. The van der Waals surface area contributed by atoms with Gasteiger partial charge in [0.15, 0.2) is 0 Å². The van der Waals surface area contributed by atoms with Crippen LogP contribution in [-0.2, 0) is 16.0 Å². The van der Waals surface area contributed by atoms with Crippen LogP contribution in [0.4, 0.5) is 5.69 Å². The molecule has 2 rings (SSSR count). The second-order valence-corrected chi connectivity index (χ2v) is 5.90. The normalized spacial score (nSPS) is 10.3. The third-order valence-electron chi connectivity index (χ3n) is 3.19. The first-order chi connectivity index (χ1) is 10.5. The molecule has 2 aromatic rings. The number of rotatable bonds is 5. The first-order valence-electron chi connectivity index (χ1n) is 6.91. The van der Waals surface area contributed by atoms with Gasteiger partial charge in [-0.05, 0) is 31.5 Å². The second kappa shape index (κ2) is 7.17. The molecule has 1 aromatic carbocycles. The molecule has 116 valence electrons. The first kappa shape index (κ1) is 16.2. The number of carbonyl (C=O) groups is 2. The van der Waals surface area contributed by atoms with Gasteiger partial charge in [0.05, 0.1) is 23.4 Å². The summed E-state index contributed by atoms with van der Waals surface area (Å²) in [5, 5.41) is 2.70. The molecule has 5 nitrogen and oxygen atoms in total.